The third kappa shape index (κ3) is 7.48. The maximum absolute atomic E-state index is 11.8. The maximum Gasteiger partial charge on any atom is 0.407 e. The standard InChI is InChI=1S/C18H30N2O3/c1-13(14(2)22-6)19-11-15-9-7-8-10-16(15)12-20-17(21)23-18(3,4)5/h7-10,13-14,19H,11-12H2,1-6H3,(H,20,21). The van der Waals surface area contributed by atoms with Crippen molar-refractivity contribution in [1.82, 2.24) is 10.6 Å². The Morgan fingerprint density at radius 1 is 1.13 bits per heavy atom. The Morgan fingerprint density at radius 2 is 1.70 bits per heavy atom. The van der Waals surface area contributed by atoms with E-state index in [1.807, 2.05) is 45.9 Å². The quantitative estimate of drug-likeness (QED) is 0.809. The second-order valence-electron chi connectivity index (χ2n) is 6.73. The lowest BCUT2D eigenvalue weighted by atomic mass is 10.1. The molecule has 1 amide bonds. The van der Waals surface area contributed by atoms with Crippen molar-refractivity contribution < 1.29 is 14.3 Å². The first-order chi connectivity index (χ1) is 10.7. The number of nitrogens with one attached hydrogen (secondary N) is 2. The highest BCUT2D eigenvalue weighted by molar-refractivity contribution is 5.67. The molecule has 0 bridgehead atoms. The summed E-state index contributed by atoms with van der Waals surface area (Å²) in [5, 5.41) is 6.25. The van der Waals surface area contributed by atoms with Crippen LogP contribution in [0.5, 0.6) is 0 Å². The molecule has 0 aliphatic rings. The van der Waals surface area contributed by atoms with Crippen LogP contribution in [-0.4, -0.2) is 30.9 Å². The van der Waals surface area contributed by atoms with E-state index in [1.54, 1.807) is 7.11 Å². The van der Waals surface area contributed by atoms with E-state index in [-0.39, 0.29) is 12.1 Å². The summed E-state index contributed by atoms with van der Waals surface area (Å²) in [7, 11) is 1.71. The van der Waals surface area contributed by atoms with Gasteiger partial charge in [-0.3, -0.25) is 0 Å². The zero-order valence-corrected chi connectivity index (χ0v) is 15.1. The Bertz CT molecular complexity index is 497. The minimum Gasteiger partial charge on any atom is -0.444 e. The average molecular weight is 322 g/mol. The molecule has 23 heavy (non-hydrogen) atoms. The van der Waals surface area contributed by atoms with Gasteiger partial charge in [0.1, 0.15) is 5.60 Å². The minimum absolute atomic E-state index is 0.141. The van der Waals surface area contributed by atoms with E-state index >= 15 is 0 Å². The number of ether oxygens (including phenoxy) is 2. The SMILES string of the molecule is COC(C)C(C)NCc1ccccc1CNC(=O)OC(C)(C)C. The lowest BCUT2D eigenvalue weighted by Crippen LogP contribution is -2.36. The lowest BCUT2D eigenvalue weighted by molar-refractivity contribution is 0.0523. The van der Waals surface area contributed by atoms with E-state index < -0.39 is 11.7 Å². The second kappa shape index (κ2) is 8.89. The predicted molar refractivity (Wildman–Crippen MR) is 92.3 cm³/mol. The third-order valence-corrected chi connectivity index (χ3v) is 3.63. The van der Waals surface area contributed by atoms with E-state index in [1.165, 1.54) is 0 Å². The van der Waals surface area contributed by atoms with Gasteiger partial charge in [0.05, 0.1) is 6.10 Å². The molecular weight excluding hydrogens is 292 g/mol. The summed E-state index contributed by atoms with van der Waals surface area (Å²) in [4.78, 5) is 11.8. The van der Waals surface area contributed by atoms with Gasteiger partial charge in [0.15, 0.2) is 0 Å². The first-order valence-corrected chi connectivity index (χ1v) is 8.02. The summed E-state index contributed by atoms with van der Waals surface area (Å²) >= 11 is 0. The fourth-order valence-corrected chi connectivity index (χ4v) is 2.03. The highest BCUT2D eigenvalue weighted by Gasteiger charge is 2.16. The van der Waals surface area contributed by atoms with Crippen molar-refractivity contribution in [3.05, 3.63) is 35.4 Å². The van der Waals surface area contributed by atoms with Crippen molar-refractivity contribution in [2.45, 2.75) is 65.5 Å². The summed E-state index contributed by atoms with van der Waals surface area (Å²) in [6.07, 6.45) is -0.260. The molecule has 0 spiro atoms. The molecule has 0 saturated carbocycles. The maximum atomic E-state index is 11.8. The third-order valence-electron chi connectivity index (χ3n) is 3.63. The fourth-order valence-electron chi connectivity index (χ4n) is 2.03. The van der Waals surface area contributed by atoms with Crippen LogP contribution in [0.3, 0.4) is 0 Å². The zero-order valence-electron chi connectivity index (χ0n) is 15.1. The highest BCUT2D eigenvalue weighted by atomic mass is 16.6. The van der Waals surface area contributed by atoms with Gasteiger partial charge in [-0.1, -0.05) is 24.3 Å². The average Bonchev–Trinajstić information content (AvgIpc) is 2.48. The molecular formula is C18H30N2O3. The van der Waals surface area contributed by atoms with Gasteiger partial charge in [0, 0.05) is 26.2 Å². The highest BCUT2D eigenvalue weighted by Crippen LogP contribution is 2.11. The Hall–Kier alpha value is -1.59. The summed E-state index contributed by atoms with van der Waals surface area (Å²) < 4.78 is 10.6. The summed E-state index contributed by atoms with van der Waals surface area (Å²) in [6.45, 7) is 10.8. The summed E-state index contributed by atoms with van der Waals surface area (Å²) in [6, 6.07) is 8.28. The van der Waals surface area contributed by atoms with E-state index in [2.05, 4.69) is 23.6 Å². The van der Waals surface area contributed by atoms with E-state index in [0.29, 0.717) is 6.54 Å². The van der Waals surface area contributed by atoms with Gasteiger partial charge < -0.3 is 20.1 Å². The van der Waals surface area contributed by atoms with Crippen LogP contribution < -0.4 is 10.6 Å². The van der Waals surface area contributed by atoms with E-state index in [9.17, 15) is 4.79 Å². The Morgan fingerprint density at radius 3 is 2.22 bits per heavy atom. The van der Waals surface area contributed by atoms with Crippen LogP contribution in [-0.2, 0) is 22.6 Å². The van der Waals surface area contributed by atoms with Crippen molar-refractivity contribution in [2.75, 3.05) is 7.11 Å². The number of hydrogen-bond acceptors (Lipinski definition) is 4. The van der Waals surface area contributed by atoms with Crippen molar-refractivity contribution >= 4 is 6.09 Å². The number of rotatable bonds is 7. The van der Waals surface area contributed by atoms with Gasteiger partial charge in [0.25, 0.3) is 0 Å². The number of amides is 1. The zero-order chi connectivity index (χ0) is 17.5. The van der Waals surface area contributed by atoms with Gasteiger partial charge in [-0.05, 0) is 45.7 Å². The van der Waals surface area contributed by atoms with Crippen LogP contribution >= 0.6 is 0 Å². The van der Waals surface area contributed by atoms with Crippen LogP contribution in [0.2, 0.25) is 0 Å². The normalized spacial score (nSPS) is 14.2. The molecule has 0 aliphatic heterocycles. The van der Waals surface area contributed by atoms with Crippen molar-refractivity contribution in [2.24, 2.45) is 0 Å². The molecule has 2 N–H and O–H groups in total. The number of alkyl carbamates (subject to hydrolysis) is 1. The summed E-state index contributed by atoms with van der Waals surface area (Å²) in [5.41, 5.74) is 1.73. The number of carbonyl (C=O) groups excluding carboxylic acids is 1. The number of benzene rings is 1. The van der Waals surface area contributed by atoms with Crippen LogP contribution in [0.4, 0.5) is 4.79 Å². The largest absolute Gasteiger partial charge is 0.444 e. The monoisotopic (exact) mass is 322 g/mol. The molecule has 0 aliphatic carbocycles. The number of methoxy groups -OCH3 is 1. The predicted octanol–water partition coefficient (Wildman–Crippen LogP) is 3.22. The van der Waals surface area contributed by atoms with Crippen LogP contribution in [0.1, 0.15) is 45.7 Å². The molecule has 130 valence electrons. The van der Waals surface area contributed by atoms with E-state index in [4.69, 9.17) is 9.47 Å². The topological polar surface area (TPSA) is 59.6 Å². The van der Waals surface area contributed by atoms with Gasteiger partial charge >= 0.3 is 6.09 Å². The smallest absolute Gasteiger partial charge is 0.407 e. The molecule has 1 rings (SSSR count). The van der Waals surface area contributed by atoms with E-state index in [0.717, 1.165) is 17.7 Å². The molecule has 5 nitrogen and oxygen atoms in total. The van der Waals surface area contributed by atoms with Crippen molar-refractivity contribution in [1.29, 1.82) is 0 Å². The first-order valence-electron chi connectivity index (χ1n) is 8.02. The molecule has 1 aromatic rings. The van der Waals surface area contributed by atoms with Crippen LogP contribution in [0, 0.1) is 0 Å². The first kappa shape index (κ1) is 19.5. The van der Waals surface area contributed by atoms with Gasteiger partial charge in [-0.25, -0.2) is 4.79 Å². The Labute approximate surface area is 139 Å². The molecule has 2 atom stereocenters. The van der Waals surface area contributed by atoms with Crippen molar-refractivity contribution in [3.63, 3.8) is 0 Å². The molecule has 0 fully saturated rings. The molecule has 5 heteroatoms. The van der Waals surface area contributed by atoms with Gasteiger partial charge in [-0.15, -0.1) is 0 Å². The fraction of sp³-hybridized carbons (Fsp3) is 0.611. The molecule has 0 saturated heterocycles. The molecule has 0 heterocycles. The summed E-state index contributed by atoms with van der Waals surface area (Å²) in [5.74, 6) is 0. The molecule has 0 aromatic heterocycles. The lowest BCUT2D eigenvalue weighted by Gasteiger charge is -2.21. The molecule has 0 radical (unpaired) electrons. The number of carbonyl (C=O) groups is 1. The van der Waals surface area contributed by atoms with Crippen LogP contribution in [0.15, 0.2) is 24.3 Å². The Balaban J connectivity index is 2.58. The molecule has 2 unspecified atom stereocenters. The second-order valence-corrected chi connectivity index (χ2v) is 6.73. The number of hydrogen-bond donors (Lipinski definition) is 2. The molecule has 1 aromatic carbocycles. The van der Waals surface area contributed by atoms with Crippen molar-refractivity contribution in [3.8, 4) is 0 Å². The Kier molecular flexibility index (Phi) is 7.52. The minimum atomic E-state index is -0.489. The van der Waals surface area contributed by atoms with Gasteiger partial charge in [0.2, 0.25) is 0 Å². The van der Waals surface area contributed by atoms with Crippen LogP contribution in [0.25, 0.3) is 0 Å². The van der Waals surface area contributed by atoms with Gasteiger partial charge in [-0.2, -0.15) is 0 Å².